The van der Waals surface area contributed by atoms with E-state index in [0.717, 1.165) is 12.8 Å². The minimum absolute atomic E-state index is 0.0451. The quantitative estimate of drug-likeness (QED) is 0.538. The van der Waals surface area contributed by atoms with Gasteiger partial charge in [0.05, 0.1) is 5.69 Å². The number of nitrogens with zero attached hydrogens (tertiary/aromatic N) is 1. The zero-order chi connectivity index (χ0) is 12.7. The van der Waals surface area contributed by atoms with E-state index < -0.39 is 0 Å². The van der Waals surface area contributed by atoms with Crippen molar-refractivity contribution in [3.05, 3.63) is 34.2 Å². The highest BCUT2D eigenvalue weighted by Gasteiger charge is 2.06. The topological polar surface area (TPSA) is 39.1 Å². The van der Waals surface area contributed by atoms with Crippen molar-refractivity contribution in [2.75, 3.05) is 0 Å². The van der Waals surface area contributed by atoms with E-state index in [1.807, 2.05) is 0 Å². The van der Waals surface area contributed by atoms with E-state index in [4.69, 9.17) is 0 Å². The zero-order valence-electron chi connectivity index (χ0n) is 10.7. The van der Waals surface area contributed by atoms with Gasteiger partial charge in [0.25, 0.3) is 5.56 Å². The number of ketones is 1. The maximum atomic E-state index is 11.7. The Balaban J connectivity index is 2.63. The molecule has 1 aromatic heterocycles. The van der Waals surface area contributed by atoms with Crippen LogP contribution in [0.1, 0.15) is 56.4 Å². The average Bonchev–Trinajstić information content (AvgIpc) is 2.30. The Bertz CT molecular complexity index is 420. The summed E-state index contributed by atoms with van der Waals surface area (Å²) in [6.45, 7) is 4.33. The predicted octanol–water partition coefficient (Wildman–Crippen LogP) is 3.02. The van der Waals surface area contributed by atoms with Crippen LogP contribution in [-0.4, -0.2) is 10.4 Å². The summed E-state index contributed by atoms with van der Waals surface area (Å²) in [5, 5.41) is 0. The van der Waals surface area contributed by atoms with Gasteiger partial charge in [0, 0.05) is 19.5 Å². The molecular weight excluding hydrogens is 214 g/mol. The van der Waals surface area contributed by atoms with Gasteiger partial charge in [0.15, 0.2) is 5.78 Å². The molecule has 94 valence electrons. The van der Waals surface area contributed by atoms with Gasteiger partial charge < -0.3 is 4.57 Å². The van der Waals surface area contributed by atoms with Crippen LogP contribution in [-0.2, 0) is 6.54 Å². The molecule has 0 radical (unpaired) electrons. The number of Topliss-reactive ketones (excluding diaryl/α,β-unsaturated/α-hetero) is 1. The first-order chi connectivity index (χ1) is 8.16. The minimum Gasteiger partial charge on any atom is -0.306 e. The third kappa shape index (κ3) is 4.17. The zero-order valence-corrected chi connectivity index (χ0v) is 10.7. The Labute approximate surface area is 102 Å². The summed E-state index contributed by atoms with van der Waals surface area (Å²) in [7, 11) is 0. The Morgan fingerprint density at radius 1 is 1.18 bits per heavy atom. The number of carbonyl (C=O) groups excluding carboxylic acids is 1. The number of carbonyl (C=O) groups is 1. The molecule has 0 aliphatic rings. The van der Waals surface area contributed by atoms with Crippen molar-refractivity contribution in [1.82, 2.24) is 4.57 Å². The summed E-state index contributed by atoms with van der Waals surface area (Å²) in [4.78, 5) is 23.1. The normalized spacial score (nSPS) is 10.5. The van der Waals surface area contributed by atoms with Crippen LogP contribution in [0.3, 0.4) is 0 Å². The molecule has 0 unspecified atom stereocenters. The molecule has 1 heterocycles. The van der Waals surface area contributed by atoms with Gasteiger partial charge in [-0.15, -0.1) is 0 Å². The lowest BCUT2D eigenvalue weighted by Crippen LogP contribution is -2.24. The summed E-state index contributed by atoms with van der Waals surface area (Å²) in [5.74, 6) is -0.0451. The van der Waals surface area contributed by atoms with Crippen molar-refractivity contribution < 1.29 is 4.79 Å². The highest BCUT2D eigenvalue weighted by molar-refractivity contribution is 5.92. The first kappa shape index (κ1) is 13.7. The van der Waals surface area contributed by atoms with Crippen LogP contribution in [0.15, 0.2) is 23.0 Å². The number of aromatic nitrogens is 1. The lowest BCUT2D eigenvalue weighted by molar-refractivity contribution is 0.100. The fourth-order valence-electron chi connectivity index (χ4n) is 1.93. The molecule has 0 fully saturated rings. The van der Waals surface area contributed by atoms with Crippen molar-refractivity contribution >= 4 is 5.78 Å². The highest BCUT2D eigenvalue weighted by atomic mass is 16.1. The third-order valence-corrected chi connectivity index (χ3v) is 2.90. The van der Waals surface area contributed by atoms with E-state index in [1.165, 1.54) is 32.3 Å². The first-order valence-electron chi connectivity index (χ1n) is 6.37. The molecule has 0 aliphatic carbocycles. The minimum atomic E-state index is -0.0757. The molecule has 0 N–H and O–H groups in total. The van der Waals surface area contributed by atoms with Crippen LogP contribution in [0, 0.1) is 0 Å². The van der Waals surface area contributed by atoms with Crippen molar-refractivity contribution in [3.63, 3.8) is 0 Å². The number of unbranched alkanes of at least 4 members (excludes halogenated alkanes) is 4. The monoisotopic (exact) mass is 235 g/mol. The Kier molecular flexibility index (Phi) is 5.67. The van der Waals surface area contributed by atoms with E-state index in [2.05, 4.69) is 6.92 Å². The van der Waals surface area contributed by atoms with Crippen LogP contribution in [0.2, 0.25) is 0 Å². The van der Waals surface area contributed by atoms with Gasteiger partial charge in [0.2, 0.25) is 0 Å². The standard InChI is InChI=1S/C14H21NO2/c1-3-4-5-6-7-11-15-13(12(2)16)9-8-10-14(15)17/h8-10H,3-7,11H2,1-2H3. The molecule has 0 aromatic carbocycles. The molecule has 3 nitrogen and oxygen atoms in total. The van der Waals surface area contributed by atoms with Crippen LogP contribution in [0.5, 0.6) is 0 Å². The molecule has 0 spiro atoms. The van der Waals surface area contributed by atoms with E-state index in [-0.39, 0.29) is 11.3 Å². The number of rotatable bonds is 7. The molecule has 0 amide bonds. The lowest BCUT2D eigenvalue weighted by atomic mass is 10.1. The maximum absolute atomic E-state index is 11.7. The predicted molar refractivity (Wildman–Crippen MR) is 69.5 cm³/mol. The largest absolute Gasteiger partial charge is 0.306 e. The van der Waals surface area contributed by atoms with Gasteiger partial charge in [-0.2, -0.15) is 0 Å². The second kappa shape index (κ2) is 7.05. The van der Waals surface area contributed by atoms with E-state index in [0.29, 0.717) is 12.2 Å². The number of hydrogen-bond acceptors (Lipinski definition) is 2. The maximum Gasteiger partial charge on any atom is 0.251 e. The Morgan fingerprint density at radius 2 is 1.88 bits per heavy atom. The molecule has 3 heteroatoms. The van der Waals surface area contributed by atoms with Crippen LogP contribution in [0.4, 0.5) is 0 Å². The van der Waals surface area contributed by atoms with Gasteiger partial charge in [-0.25, -0.2) is 0 Å². The molecule has 0 saturated carbocycles. The van der Waals surface area contributed by atoms with Gasteiger partial charge >= 0.3 is 0 Å². The number of hydrogen-bond donors (Lipinski definition) is 0. The molecule has 17 heavy (non-hydrogen) atoms. The summed E-state index contributed by atoms with van der Waals surface area (Å²) >= 11 is 0. The SMILES string of the molecule is CCCCCCCn1c(C(C)=O)cccc1=O. The second-order valence-corrected chi connectivity index (χ2v) is 4.37. The fourth-order valence-corrected chi connectivity index (χ4v) is 1.93. The molecule has 0 saturated heterocycles. The summed E-state index contributed by atoms with van der Waals surface area (Å²) in [5.41, 5.74) is 0.446. The Morgan fingerprint density at radius 3 is 2.53 bits per heavy atom. The second-order valence-electron chi connectivity index (χ2n) is 4.37. The van der Waals surface area contributed by atoms with E-state index in [1.54, 1.807) is 16.7 Å². The molecule has 0 aliphatic heterocycles. The molecule has 0 bridgehead atoms. The van der Waals surface area contributed by atoms with Crippen LogP contribution < -0.4 is 5.56 Å². The summed E-state index contributed by atoms with van der Waals surface area (Å²) < 4.78 is 1.59. The van der Waals surface area contributed by atoms with Crippen molar-refractivity contribution in [2.24, 2.45) is 0 Å². The van der Waals surface area contributed by atoms with Crippen molar-refractivity contribution in [1.29, 1.82) is 0 Å². The summed E-state index contributed by atoms with van der Waals surface area (Å²) in [6, 6.07) is 4.88. The summed E-state index contributed by atoms with van der Waals surface area (Å²) in [6.07, 6.45) is 5.73. The first-order valence-corrected chi connectivity index (χ1v) is 6.37. The van der Waals surface area contributed by atoms with E-state index >= 15 is 0 Å². The van der Waals surface area contributed by atoms with Crippen LogP contribution >= 0.6 is 0 Å². The molecule has 0 atom stereocenters. The fraction of sp³-hybridized carbons (Fsp3) is 0.571. The molecule has 1 aromatic rings. The van der Waals surface area contributed by atoms with Crippen LogP contribution in [0.25, 0.3) is 0 Å². The van der Waals surface area contributed by atoms with Gasteiger partial charge in [0.1, 0.15) is 0 Å². The Hall–Kier alpha value is -1.38. The van der Waals surface area contributed by atoms with Crippen molar-refractivity contribution in [3.8, 4) is 0 Å². The van der Waals surface area contributed by atoms with Crippen molar-refractivity contribution in [2.45, 2.75) is 52.5 Å². The highest BCUT2D eigenvalue weighted by Crippen LogP contribution is 2.05. The van der Waals surface area contributed by atoms with E-state index in [9.17, 15) is 9.59 Å². The van der Waals surface area contributed by atoms with Gasteiger partial charge in [-0.1, -0.05) is 38.7 Å². The lowest BCUT2D eigenvalue weighted by Gasteiger charge is -2.09. The molecule has 1 rings (SSSR count). The van der Waals surface area contributed by atoms with Gasteiger partial charge in [-0.05, 0) is 12.5 Å². The molecular formula is C14H21NO2. The van der Waals surface area contributed by atoms with Gasteiger partial charge in [-0.3, -0.25) is 9.59 Å². The third-order valence-electron chi connectivity index (χ3n) is 2.90. The number of pyridine rings is 1. The average molecular weight is 235 g/mol. The smallest absolute Gasteiger partial charge is 0.251 e.